The van der Waals surface area contributed by atoms with Crippen LogP contribution in [0.4, 0.5) is 4.79 Å². The van der Waals surface area contributed by atoms with Crippen molar-refractivity contribution in [3.63, 3.8) is 0 Å². The predicted octanol–water partition coefficient (Wildman–Crippen LogP) is 1.71. The molecule has 0 aliphatic carbocycles. The molecule has 1 aromatic carbocycles. The van der Waals surface area contributed by atoms with Crippen molar-refractivity contribution in [3.8, 4) is 0 Å². The quantitative estimate of drug-likeness (QED) is 0.833. The third-order valence-electron chi connectivity index (χ3n) is 3.06. The molecule has 0 aromatic heterocycles. The van der Waals surface area contributed by atoms with E-state index in [0.717, 1.165) is 25.9 Å². The lowest BCUT2D eigenvalue weighted by atomic mass is 10.1. The van der Waals surface area contributed by atoms with Crippen molar-refractivity contribution in [2.45, 2.75) is 25.4 Å². The molecule has 0 spiro atoms. The van der Waals surface area contributed by atoms with Gasteiger partial charge in [0.15, 0.2) is 0 Å². The standard InChI is InChI=1S/C14H20N2O2/c17-14(16-11-13-7-4-10-18-13)15-9-8-12-5-2-1-3-6-12/h1-3,5-6,13H,4,7-11H2,(H2,15,16,17). The molecule has 0 saturated carbocycles. The Balaban J connectivity index is 1.57. The molecule has 4 heteroatoms. The molecule has 98 valence electrons. The van der Waals surface area contributed by atoms with Crippen molar-refractivity contribution in [2.24, 2.45) is 0 Å². The lowest BCUT2D eigenvalue weighted by Gasteiger charge is -2.11. The second-order valence-corrected chi connectivity index (χ2v) is 4.51. The van der Waals surface area contributed by atoms with E-state index in [1.807, 2.05) is 18.2 Å². The first kappa shape index (κ1) is 12.9. The zero-order valence-electron chi connectivity index (χ0n) is 10.5. The van der Waals surface area contributed by atoms with Crippen molar-refractivity contribution in [2.75, 3.05) is 19.7 Å². The van der Waals surface area contributed by atoms with E-state index in [1.54, 1.807) is 0 Å². The van der Waals surface area contributed by atoms with Gasteiger partial charge < -0.3 is 15.4 Å². The van der Waals surface area contributed by atoms with Gasteiger partial charge in [-0.2, -0.15) is 0 Å². The smallest absolute Gasteiger partial charge is 0.314 e. The molecule has 1 aliphatic heterocycles. The SMILES string of the molecule is O=C(NCCc1ccccc1)NCC1CCCO1. The van der Waals surface area contributed by atoms with Crippen molar-refractivity contribution >= 4 is 6.03 Å². The van der Waals surface area contributed by atoms with Gasteiger partial charge >= 0.3 is 6.03 Å². The molecule has 2 amide bonds. The molecule has 1 aliphatic rings. The molecule has 1 atom stereocenters. The molecule has 0 bridgehead atoms. The van der Waals surface area contributed by atoms with Gasteiger partial charge in [-0.05, 0) is 24.8 Å². The summed E-state index contributed by atoms with van der Waals surface area (Å²) in [6.45, 7) is 2.08. The molecule has 1 unspecified atom stereocenters. The molecular formula is C14H20N2O2. The summed E-state index contributed by atoms with van der Waals surface area (Å²) in [7, 11) is 0. The van der Waals surface area contributed by atoms with Crippen LogP contribution >= 0.6 is 0 Å². The summed E-state index contributed by atoms with van der Waals surface area (Å²) in [6.07, 6.45) is 3.20. The fourth-order valence-corrected chi connectivity index (χ4v) is 2.04. The van der Waals surface area contributed by atoms with Crippen LogP contribution in [0.5, 0.6) is 0 Å². The van der Waals surface area contributed by atoms with Crippen molar-refractivity contribution in [1.29, 1.82) is 0 Å². The summed E-state index contributed by atoms with van der Waals surface area (Å²) in [6, 6.07) is 10.0. The second kappa shape index (κ2) is 7.01. The number of rotatable bonds is 5. The van der Waals surface area contributed by atoms with Crippen LogP contribution < -0.4 is 10.6 Å². The first-order valence-electron chi connectivity index (χ1n) is 6.52. The average Bonchev–Trinajstić information content (AvgIpc) is 2.91. The van der Waals surface area contributed by atoms with Gasteiger partial charge in [-0.15, -0.1) is 0 Å². The van der Waals surface area contributed by atoms with E-state index in [4.69, 9.17) is 4.74 Å². The van der Waals surface area contributed by atoms with E-state index in [9.17, 15) is 4.79 Å². The Morgan fingerprint density at radius 1 is 1.28 bits per heavy atom. The minimum atomic E-state index is -0.110. The normalized spacial score (nSPS) is 18.6. The predicted molar refractivity (Wildman–Crippen MR) is 70.5 cm³/mol. The number of carbonyl (C=O) groups is 1. The minimum Gasteiger partial charge on any atom is -0.376 e. The number of urea groups is 1. The van der Waals surface area contributed by atoms with Gasteiger partial charge in [0.25, 0.3) is 0 Å². The number of ether oxygens (including phenoxy) is 1. The molecule has 18 heavy (non-hydrogen) atoms. The van der Waals surface area contributed by atoms with E-state index in [1.165, 1.54) is 5.56 Å². The average molecular weight is 248 g/mol. The Kier molecular flexibility index (Phi) is 5.02. The molecule has 1 saturated heterocycles. The van der Waals surface area contributed by atoms with E-state index in [2.05, 4.69) is 22.8 Å². The van der Waals surface area contributed by atoms with Crippen LogP contribution in [-0.4, -0.2) is 31.8 Å². The van der Waals surface area contributed by atoms with E-state index >= 15 is 0 Å². The summed E-state index contributed by atoms with van der Waals surface area (Å²) in [5.41, 5.74) is 1.23. The summed E-state index contributed by atoms with van der Waals surface area (Å²) in [5, 5.41) is 5.69. The molecular weight excluding hydrogens is 228 g/mol. The zero-order chi connectivity index (χ0) is 12.6. The van der Waals surface area contributed by atoms with Crippen molar-refractivity contribution in [3.05, 3.63) is 35.9 Å². The summed E-state index contributed by atoms with van der Waals surface area (Å²) in [4.78, 5) is 11.5. The maximum atomic E-state index is 11.5. The van der Waals surface area contributed by atoms with Crippen LogP contribution in [0.2, 0.25) is 0 Å². The zero-order valence-corrected chi connectivity index (χ0v) is 10.5. The topological polar surface area (TPSA) is 50.4 Å². The molecule has 4 nitrogen and oxygen atoms in total. The minimum absolute atomic E-state index is 0.110. The Hall–Kier alpha value is -1.55. The van der Waals surface area contributed by atoms with Crippen LogP contribution in [0.3, 0.4) is 0 Å². The molecule has 2 N–H and O–H groups in total. The van der Waals surface area contributed by atoms with Gasteiger partial charge in [0, 0.05) is 19.7 Å². The van der Waals surface area contributed by atoms with Crippen LogP contribution in [-0.2, 0) is 11.2 Å². The van der Waals surface area contributed by atoms with E-state index in [-0.39, 0.29) is 12.1 Å². The van der Waals surface area contributed by atoms with Gasteiger partial charge in [0.2, 0.25) is 0 Å². The Labute approximate surface area is 108 Å². The summed E-state index contributed by atoms with van der Waals surface area (Å²) < 4.78 is 5.43. The fourth-order valence-electron chi connectivity index (χ4n) is 2.04. The lowest BCUT2D eigenvalue weighted by molar-refractivity contribution is 0.111. The fraction of sp³-hybridized carbons (Fsp3) is 0.500. The van der Waals surface area contributed by atoms with E-state index < -0.39 is 0 Å². The number of benzene rings is 1. The van der Waals surface area contributed by atoms with Gasteiger partial charge in [0.05, 0.1) is 6.10 Å². The number of hydrogen-bond acceptors (Lipinski definition) is 2. The van der Waals surface area contributed by atoms with Gasteiger partial charge in [0.1, 0.15) is 0 Å². The molecule has 1 heterocycles. The van der Waals surface area contributed by atoms with Gasteiger partial charge in [-0.1, -0.05) is 30.3 Å². The maximum Gasteiger partial charge on any atom is 0.314 e. The highest BCUT2D eigenvalue weighted by molar-refractivity contribution is 5.73. The van der Waals surface area contributed by atoms with Crippen LogP contribution in [0.15, 0.2) is 30.3 Å². The first-order valence-corrected chi connectivity index (χ1v) is 6.52. The number of nitrogens with one attached hydrogen (secondary N) is 2. The highest BCUT2D eigenvalue weighted by Crippen LogP contribution is 2.10. The van der Waals surface area contributed by atoms with Gasteiger partial charge in [-0.25, -0.2) is 4.79 Å². The first-order chi connectivity index (χ1) is 8.84. The molecule has 1 aromatic rings. The monoisotopic (exact) mass is 248 g/mol. The highest BCUT2D eigenvalue weighted by atomic mass is 16.5. The molecule has 0 radical (unpaired) electrons. The lowest BCUT2D eigenvalue weighted by Crippen LogP contribution is -2.40. The maximum absolute atomic E-state index is 11.5. The summed E-state index contributed by atoms with van der Waals surface area (Å²) >= 11 is 0. The third-order valence-corrected chi connectivity index (χ3v) is 3.06. The highest BCUT2D eigenvalue weighted by Gasteiger charge is 2.15. The van der Waals surface area contributed by atoms with E-state index in [0.29, 0.717) is 13.1 Å². The largest absolute Gasteiger partial charge is 0.376 e. The van der Waals surface area contributed by atoms with Crippen LogP contribution in [0, 0.1) is 0 Å². The molecule has 1 fully saturated rings. The third kappa shape index (κ3) is 4.37. The Morgan fingerprint density at radius 3 is 2.83 bits per heavy atom. The number of amides is 2. The Morgan fingerprint density at radius 2 is 2.11 bits per heavy atom. The van der Waals surface area contributed by atoms with Crippen molar-refractivity contribution < 1.29 is 9.53 Å². The van der Waals surface area contributed by atoms with Crippen LogP contribution in [0.25, 0.3) is 0 Å². The van der Waals surface area contributed by atoms with Crippen LogP contribution in [0.1, 0.15) is 18.4 Å². The second-order valence-electron chi connectivity index (χ2n) is 4.51. The van der Waals surface area contributed by atoms with Gasteiger partial charge in [-0.3, -0.25) is 0 Å². The summed E-state index contributed by atoms with van der Waals surface area (Å²) in [5.74, 6) is 0. The number of hydrogen-bond donors (Lipinski definition) is 2. The molecule has 2 rings (SSSR count). The van der Waals surface area contributed by atoms with Crippen molar-refractivity contribution in [1.82, 2.24) is 10.6 Å². The Bertz CT molecular complexity index is 361. The number of carbonyl (C=O) groups excluding carboxylic acids is 1.